The minimum Gasteiger partial charge on any atom is -0.391 e. The third-order valence-corrected chi connectivity index (χ3v) is 2.55. The number of aliphatic hydroxyl groups excluding tert-OH is 1. The molecule has 0 bridgehead atoms. The highest BCUT2D eigenvalue weighted by Gasteiger charge is 2.23. The summed E-state index contributed by atoms with van der Waals surface area (Å²) in [5.41, 5.74) is 1.31. The Kier molecular flexibility index (Phi) is 3.77. The first-order chi connectivity index (χ1) is 7.33. The van der Waals surface area contributed by atoms with Crippen molar-refractivity contribution in [2.45, 2.75) is 33.3 Å². The lowest BCUT2D eigenvalue weighted by atomic mass is 9.93. The minimum atomic E-state index is -0.286. The number of hydrogen-bond acceptors (Lipinski definition) is 3. The van der Waals surface area contributed by atoms with E-state index in [1.54, 1.807) is 0 Å². The molecule has 0 aromatic carbocycles. The molecule has 0 spiro atoms. The Balaban J connectivity index is 2.80. The lowest BCUT2D eigenvalue weighted by molar-refractivity contribution is 0.184. The van der Waals surface area contributed by atoms with Crippen LogP contribution < -0.4 is 0 Å². The molecule has 0 aliphatic carbocycles. The van der Waals surface area contributed by atoms with Gasteiger partial charge in [-0.05, 0) is 11.8 Å². The molecular weight excluding hydrogens is 200 g/mol. The van der Waals surface area contributed by atoms with Crippen molar-refractivity contribution in [1.82, 2.24) is 4.90 Å². The molecule has 1 aliphatic rings. The van der Waals surface area contributed by atoms with Crippen LogP contribution >= 0.6 is 0 Å². The summed E-state index contributed by atoms with van der Waals surface area (Å²) in [5, 5.41) is 18.6. The van der Waals surface area contributed by atoms with Gasteiger partial charge < -0.3 is 10.0 Å². The van der Waals surface area contributed by atoms with Crippen LogP contribution in [0.2, 0.25) is 0 Å². The van der Waals surface area contributed by atoms with Gasteiger partial charge in [-0.2, -0.15) is 5.26 Å². The Labute approximate surface area is 97.7 Å². The fourth-order valence-corrected chi connectivity index (χ4v) is 1.77. The summed E-state index contributed by atoms with van der Waals surface area (Å²) >= 11 is 0. The summed E-state index contributed by atoms with van der Waals surface area (Å²) in [6, 6.07) is 2.19. The fraction of sp³-hybridized carbons (Fsp3) is 0.615. The Morgan fingerprint density at radius 2 is 2.19 bits per heavy atom. The highest BCUT2D eigenvalue weighted by Crippen LogP contribution is 2.24. The summed E-state index contributed by atoms with van der Waals surface area (Å²) in [4.78, 5) is 1.98. The van der Waals surface area contributed by atoms with Gasteiger partial charge in [0.05, 0.1) is 11.7 Å². The smallest absolute Gasteiger partial charge is 0.101 e. The standard InChI is InChI=1S/C13H20N2O/c1-10(15-6-5-12(16)9-15)11(8-14)7-13(2,3)4/h7,12,16H,1,5-6,9H2,2-4H3/b11-7+/t12-/m0/s1. The number of β-amino-alcohol motifs (C(OH)–C–C–N with tert-alkyl or cyclic N) is 1. The molecule has 1 N–H and O–H groups in total. The van der Waals surface area contributed by atoms with E-state index in [2.05, 4.69) is 33.4 Å². The molecule has 1 rings (SSSR count). The second kappa shape index (κ2) is 4.71. The zero-order valence-corrected chi connectivity index (χ0v) is 10.3. The van der Waals surface area contributed by atoms with E-state index < -0.39 is 0 Å². The zero-order valence-electron chi connectivity index (χ0n) is 10.3. The van der Waals surface area contributed by atoms with Crippen molar-refractivity contribution < 1.29 is 5.11 Å². The lowest BCUT2D eigenvalue weighted by Crippen LogP contribution is -2.22. The predicted molar refractivity (Wildman–Crippen MR) is 64.5 cm³/mol. The van der Waals surface area contributed by atoms with Gasteiger partial charge in [0.2, 0.25) is 0 Å². The third-order valence-electron chi connectivity index (χ3n) is 2.55. The maximum atomic E-state index is 9.45. The second-order valence-corrected chi connectivity index (χ2v) is 5.37. The molecule has 0 radical (unpaired) electrons. The number of aliphatic hydroxyl groups is 1. The molecule has 0 amide bonds. The summed E-state index contributed by atoms with van der Waals surface area (Å²) < 4.78 is 0. The lowest BCUT2D eigenvalue weighted by Gasteiger charge is -2.22. The maximum absolute atomic E-state index is 9.45. The molecule has 0 unspecified atom stereocenters. The van der Waals surface area contributed by atoms with E-state index in [0.29, 0.717) is 12.1 Å². The van der Waals surface area contributed by atoms with Gasteiger partial charge in [-0.3, -0.25) is 0 Å². The Morgan fingerprint density at radius 3 is 2.56 bits per heavy atom. The molecular formula is C13H20N2O. The number of nitriles is 1. The average molecular weight is 220 g/mol. The first kappa shape index (κ1) is 12.8. The number of allylic oxidation sites excluding steroid dienone is 2. The van der Waals surface area contributed by atoms with Crippen LogP contribution in [0.15, 0.2) is 23.9 Å². The van der Waals surface area contributed by atoms with Crippen molar-refractivity contribution in [3.05, 3.63) is 23.9 Å². The highest BCUT2D eigenvalue weighted by molar-refractivity contribution is 5.40. The van der Waals surface area contributed by atoms with E-state index in [-0.39, 0.29) is 11.5 Å². The van der Waals surface area contributed by atoms with Crippen LogP contribution in [0.1, 0.15) is 27.2 Å². The Morgan fingerprint density at radius 1 is 1.56 bits per heavy atom. The Hall–Kier alpha value is -1.27. The monoisotopic (exact) mass is 220 g/mol. The van der Waals surface area contributed by atoms with Crippen LogP contribution in [0.5, 0.6) is 0 Å². The van der Waals surface area contributed by atoms with Gasteiger partial charge in [-0.15, -0.1) is 0 Å². The molecule has 0 aromatic rings. The molecule has 1 aliphatic heterocycles. The van der Waals surface area contributed by atoms with Gasteiger partial charge in [-0.25, -0.2) is 0 Å². The first-order valence-electron chi connectivity index (χ1n) is 5.59. The van der Waals surface area contributed by atoms with E-state index in [1.807, 2.05) is 11.0 Å². The minimum absolute atomic E-state index is 0.0354. The molecule has 0 saturated carbocycles. The van der Waals surface area contributed by atoms with Gasteiger partial charge >= 0.3 is 0 Å². The highest BCUT2D eigenvalue weighted by atomic mass is 16.3. The van der Waals surface area contributed by atoms with Gasteiger partial charge in [0.1, 0.15) is 6.07 Å². The normalized spacial score (nSPS) is 22.1. The van der Waals surface area contributed by atoms with Crippen molar-refractivity contribution >= 4 is 0 Å². The summed E-state index contributed by atoms with van der Waals surface area (Å²) in [6.45, 7) is 11.5. The van der Waals surface area contributed by atoms with E-state index >= 15 is 0 Å². The van der Waals surface area contributed by atoms with E-state index in [0.717, 1.165) is 18.7 Å². The summed E-state index contributed by atoms with van der Waals surface area (Å²) in [5.74, 6) is 0. The van der Waals surface area contributed by atoms with Crippen molar-refractivity contribution in [2.24, 2.45) is 5.41 Å². The maximum Gasteiger partial charge on any atom is 0.101 e. The molecule has 1 atom stereocenters. The molecule has 1 heterocycles. The second-order valence-electron chi connectivity index (χ2n) is 5.37. The van der Waals surface area contributed by atoms with Crippen LogP contribution in [0.3, 0.4) is 0 Å². The summed E-state index contributed by atoms with van der Waals surface area (Å²) in [6.07, 6.45) is 2.40. The Bertz CT molecular complexity index is 344. The third kappa shape index (κ3) is 3.39. The quantitative estimate of drug-likeness (QED) is 0.572. The van der Waals surface area contributed by atoms with Crippen molar-refractivity contribution in [1.29, 1.82) is 5.26 Å². The van der Waals surface area contributed by atoms with Crippen molar-refractivity contribution in [3.63, 3.8) is 0 Å². The van der Waals surface area contributed by atoms with Crippen LogP contribution in [0.25, 0.3) is 0 Å². The predicted octanol–water partition coefficient (Wildman–Crippen LogP) is 2.06. The zero-order chi connectivity index (χ0) is 12.3. The van der Waals surface area contributed by atoms with E-state index in [9.17, 15) is 5.11 Å². The van der Waals surface area contributed by atoms with Crippen LogP contribution in [0, 0.1) is 16.7 Å². The number of nitrogens with zero attached hydrogens (tertiary/aromatic N) is 2. The molecule has 0 aromatic heterocycles. The number of hydrogen-bond donors (Lipinski definition) is 1. The van der Waals surface area contributed by atoms with Crippen LogP contribution in [-0.2, 0) is 0 Å². The molecule has 16 heavy (non-hydrogen) atoms. The van der Waals surface area contributed by atoms with E-state index in [4.69, 9.17) is 5.26 Å². The molecule has 3 heteroatoms. The van der Waals surface area contributed by atoms with Crippen molar-refractivity contribution in [2.75, 3.05) is 13.1 Å². The van der Waals surface area contributed by atoms with Crippen LogP contribution in [-0.4, -0.2) is 29.2 Å². The van der Waals surface area contributed by atoms with Gasteiger partial charge in [0, 0.05) is 18.8 Å². The largest absolute Gasteiger partial charge is 0.391 e. The number of rotatable bonds is 2. The summed E-state index contributed by atoms with van der Waals surface area (Å²) in [7, 11) is 0. The van der Waals surface area contributed by atoms with Crippen molar-refractivity contribution in [3.8, 4) is 6.07 Å². The SMILES string of the molecule is C=C(/C(C#N)=C/C(C)(C)C)N1CC[C@H](O)C1. The van der Waals surface area contributed by atoms with Gasteiger partial charge in [0.15, 0.2) is 0 Å². The van der Waals surface area contributed by atoms with Crippen LogP contribution in [0.4, 0.5) is 0 Å². The molecule has 1 fully saturated rings. The average Bonchev–Trinajstić information content (AvgIpc) is 2.58. The number of likely N-dealkylation sites (tertiary alicyclic amines) is 1. The molecule has 88 valence electrons. The van der Waals surface area contributed by atoms with E-state index in [1.165, 1.54) is 0 Å². The topological polar surface area (TPSA) is 47.3 Å². The fourth-order valence-electron chi connectivity index (χ4n) is 1.77. The molecule has 1 saturated heterocycles. The van der Waals surface area contributed by atoms with Gasteiger partial charge in [0.25, 0.3) is 0 Å². The van der Waals surface area contributed by atoms with Gasteiger partial charge in [-0.1, -0.05) is 33.4 Å². The first-order valence-corrected chi connectivity index (χ1v) is 5.59. The molecule has 3 nitrogen and oxygen atoms in total.